The molecule has 0 amide bonds. The van der Waals surface area contributed by atoms with Crippen molar-refractivity contribution in [2.45, 2.75) is 13.5 Å². The molecule has 0 N–H and O–H groups in total. The minimum atomic E-state index is -0.365. The number of hydrogen-bond donors (Lipinski definition) is 0. The van der Waals surface area contributed by atoms with E-state index in [9.17, 15) is 4.79 Å². The average molecular weight is 401 g/mol. The number of carbonyl (C=O) groups is 1. The number of aromatic nitrogens is 1. The third-order valence-corrected chi connectivity index (χ3v) is 4.84. The van der Waals surface area contributed by atoms with E-state index < -0.39 is 0 Å². The highest BCUT2D eigenvalue weighted by molar-refractivity contribution is 5.97. The number of nitrogens with zero attached hydrogens (tertiary/aromatic N) is 1. The molecule has 4 aromatic rings. The summed E-state index contributed by atoms with van der Waals surface area (Å²) in [6.45, 7) is 2.60. The second-order valence-corrected chi connectivity index (χ2v) is 6.78. The molecule has 30 heavy (non-hydrogen) atoms. The van der Waals surface area contributed by atoms with Crippen molar-refractivity contribution >= 4 is 16.9 Å². The van der Waals surface area contributed by atoms with Gasteiger partial charge in [0, 0.05) is 11.1 Å². The van der Waals surface area contributed by atoms with Crippen molar-refractivity contribution in [2.24, 2.45) is 0 Å². The number of ether oxygens (including phenoxy) is 3. The summed E-state index contributed by atoms with van der Waals surface area (Å²) >= 11 is 0. The second kappa shape index (κ2) is 8.74. The lowest BCUT2D eigenvalue weighted by molar-refractivity contribution is 0.0517. The molecule has 0 radical (unpaired) electrons. The van der Waals surface area contributed by atoms with Crippen LogP contribution in [0.15, 0.2) is 78.9 Å². The molecule has 5 nitrogen and oxygen atoms in total. The highest BCUT2D eigenvalue weighted by Crippen LogP contribution is 2.29. The highest BCUT2D eigenvalue weighted by Gasteiger charge is 2.18. The molecule has 0 atom stereocenters. The summed E-state index contributed by atoms with van der Waals surface area (Å²) in [6, 6.07) is 25.2. The van der Waals surface area contributed by atoms with Crippen molar-refractivity contribution in [3.8, 4) is 17.2 Å². The van der Waals surface area contributed by atoms with Crippen molar-refractivity contribution in [2.75, 3.05) is 13.7 Å². The lowest BCUT2D eigenvalue weighted by atomic mass is 10.2. The van der Waals surface area contributed by atoms with Crippen LogP contribution in [0.25, 0.3) is 16.6 Å². The van der Waals surface area contributed by atoms with E-state index in [2.05, 4.69) is 0 Å². The molecule has 0 saturated carbocycles. The Bertz CT molecular complexity index is 1150. The normalized spacial score (nSPS) is 10.7. The lowest BCUT2D eigenvalue weighted by Crippen LogP contribution is -2.10. The third-order valence-electron chi connectivity index (χ3n) is 4.84. The van der Waals surface area contributed by atoms with Gasteiger partial charge in [0.1, 0.15) is 23.8 Å². The van der Waals surface area contributed by atoms with Crippen LogP contribution in [0.2, 0.25) is 0 Å². The van der Waals surface area contributed by atoms with Gasteiger partial charge in [-0.1, -0.05) is 30.3 Å². The Hall–Kier alpha value is -3.73. The standard InChI is InChI=1S/C25H23NO4/c1-3-29-25(27)24-16-19-15-22(30-17-18-7-5-4-6-8-18)13-14-23(19)26(24)20-9-11-21(28-2)12-10-20/h4-16H,3,17H2,1-2H3. The average Bonchev–Trinajstić information content (AvgIpc) is 3.17. The Morgan fingerprint density at radius 1 is 0.900 bits per heavy atom. The molecule has 0 aliphatic carbocycles. The zero-order valence-electron chi connectivity index (χ0n) is 17.0. The van der Waals surface area contributed by atoms with Crippen molar-refractivity contribution in [3.05, 3.63) is 90.1 Å². The molecule has 3 aromatic carbocycles. The molecular formula is C25H23NO4. The molecule has 0 spiro atoms. The summed E-state index contributed by atoms with van der Waals surface area (Å²) < 4.78 is 18.4. The fourth-order valence-electron chi connectivity index (χ4n) is 3.39. The number of carbonyl (C=O) groups excluding carboxylic acids is 1. The van der Waals surface area contributed by atoms with E-state index in [-0.39, 0.29) is 5.97 Å². The number of fused-ring (bicyclic) bond motifs is 1. The Balaban J connectivity index is 1.72. The molecule has 0 unspecified atom stereocenters. The summed E-state index contributed by atoms with van der Waals surface area (Å²) in [7, 11) is 1.63. The molecule has 0 aliphatic heterocycles. The fraction of sp³-hybridized carbons (Fsp3) is 0.160. The van der Waals surface area contributed by atoms with E-state index in [1.807, 2.05) is 83.4 Å². The summed E-state index contributed by atoms with van der Waals surface area (Å²) in [4.78, 5) is 12.6. The monoisotopic (exact) mass is 401 g/mol. The van der Waals surface area contributed by atoms with Gasteiger partial charge in [-0.25, -0.2) is 4.79 Å². The van der Waals surface area contributed by atoms with Gasteiger partial charge in [-0.2, -0.15) is 0 Å². The van der Waals surface area contributed by atoms with Crippen LogP contribution in [-0.4, -0.2) is 24.3 Å². The minimum absolute atomic E-state index is 0.314. The van der Waals surface area contributed by atoms with Crippen LogP contribution in [0, 0.1) is 0 Å². The highest BCUT2D eigenvalue weighted by atomic mass is 16.5. The van der Waals surface area contributed by atoms with Crippen LogP contribution < -0.4 is 9.47 Å². The van der Waals surface area contributed by atoms with Gasteiger partial charge in [0.15, 0.2) is 0 Å². The molecule has 0 aliphatic rings. The number of rotatable bonds is 7. The maximum atomic E-state index is 12.6. The molecule has 0 fully saturated rings. The van der Waals surface area contributed by atoms with Gasteiger partial charge in [-0.15, -0.1) is 0 Å². The first-order valence-electron chi connectivity index (χ1n) is 9.83. The number of esters is 1. The molecule has 5 heteroatoms. The van der Waals surface area contributed by atoms with Gasteiger partial charge in [0.25, 0.3) is 0 Å². The smallest absolute Gasteiger partial charge is 0.355 e. The zero-order valence-corrected chi connectivity index (χ0v) is 17.0. The fourth-order valence-corrected chi connectivity index (χ4v) is 3.39. The summed E-state index contributed by atoms with van der Waals surface area (Å²) in [5, 5.41) is 0.902. The first-order valence-corrected chi connectivity index (χ1v) is 9.83. The Morgan fingerprint density at radius 3 is 2.33 bits per heavy atom. The van der Waals surface area contributed by atoms with E-state index in [0.717, 1.165) is 33.7 Å². The van der Waals surface area contributed by atoms with Crippen LogP contribution in [0.1, 0.15) is 23.0 Å². The van der Waals surface area contributed by atoms with Gasteiger partial charge >= 0.3 is 5.97 Å². The topological polar surface area (TPSA) is 49.7 Å². The van der Waals surface area contributed by atoms with Crippen molar-refractivity contribution in [3.63, 3.8) is 0 Å². The first-order chi connectivity index (χ1) is 14.7. The zero-order chi connectivity index (χ0) is 20.9. The van der Waals surface area contributed by atoms with Crippen LogP contribution in [0.5, 0.6) is 11.5 Å². The van der Waals surface area contributed by atoms with Crippen molar-refractivity contribution in [1.82, 2.24) is 4.57 Å². The van der Waals surface area contributed by atoms with Crippen LogP contribution in [-0.2, 0) is 11.3 Å². The van der Waals surface area contributed by atoms with Crippen LogP contribution >= 0.6 is 0 Å². The van der Waals surface area contributed by atoms with Crippen LogP contribution in [0.4, 0.5) is 0 Å². The third kappa shape index (κ3) is 4.01. The molecule has 1 aromatic heterocycles. The van der Waals surface area contributed by atoms with Gasteiger partial charge in [0.2, 0.25) is 0 Å². The minimum Gasteiger partial charge on any atom is -0.497 e. The summed E-state index contributed by atoms with van der Waals surface area (Å²) in [5.74, 6) is 1.13. The van der Waals surface area contributed by atoms with Gasteiger partial charge in [0.05, 0.1) is 19.2 Å². The van der Waals surface area contributed by atoms with Gasteiger partial charge in [-0.3, -0.25) is 0 Å². The number of hydrogen-bond acceptors (Lipinski definition) is 4. The number of methoxy groups -OCH3 is 1. The van der Waals surface area contributed by atoms with E-state index in [1.165, 1.54) is 0 Å². The Morgan fingerprint density at radius 2 is 1.63 bits per heavy atom. The molecule has 152 valence electrons. The Kier molecular flexibility index (Phi) is 5.70. The maximum absolute atomic E-state index is 12.6. The molecule has 1 heterocycles. The molecular weight excluding hydrogens is 378 g/mol. The lowest BCUT2D eigenvalue weighted by Gasteiger charge is -2.11. The largest absolute Gasteiger partial charge is 0.497 e. The first kappa shape index (κ1) is 19.6. The van der Waals surface area contributed by atoms with E-state index in [1.54, 1.807) is 14.0 Å². The SMILES string of the molecule is CCOC(=O)c1cc2cc(OCc3ccccc3)ccc2n1-c1ccc(OC)cc1. The molecule has 0 bridgehead atoms. The Labute approximate surface area is 175 Å². The van der Waals surface area contributed by atoms with E-state index >= 15 is 0 Å². The maximum Gasteiger partial charge on any atom is 0.355 e. The molecule has 4 rings (SSSR count). The van der Waals surface area contributed by atoms with Gasteiger partial charge in [-0.05, 0) is 61.0 Å². The molecule has 0 saturated heterocycles. The predicted octanol–water partition coefficient (Wildman–Crippen LogP) is 5.39. The second-order valence-electron chi connectivity index (χ2n) is 6.78. The van der Waals surface area contributed by atoms with E-state index in [0.29, 0.717) is 18.9 Å². The quantitative estimate of drug-likeness (QED) is 0.389. The predicted molar refractivity (Wildman–Crippen MR) is 117 cm³/mol. The van der Waals surface area contributed by atoms with Crippen molar-refractivity contribution in [1.29, 1.82) is 0 Å². The number of benzene rings is 3. The van der Waals surface area contributed by atoms with E-state index in [4.69, 9.17) is 14.2 Å². The van der Waals surface area contributed by atoms with Crippen molar-refractivity contribution < 1.29 is 19.0 Å². The summed E-state index contributed by atoms with van der Waals surface area (Å²) in [6.07, 6.45) is 0. The van der Waals surface area contributed by atoms with Crippen LogP contribution in [0.3, 0.4) is 0 Å². The summed E-state index contributed by atoms with van der Waals surface area (Å²) in [5.41, 5.74) is 3.32. The van der Waals surface area contributed by atoms with Gasteiger partial charge < -0.3 is 18.8 Å².